The summed E-state index contributed by atoms with van der Waals surface area (Å²) < 4.78 is 17.5. The van der Waals surface area contributed by atoms with Crippen molar-refractivity contribution in [1.82, 2.24) is 19.9 Å². The fraction of sp³-hybridized carbons (Fsp3) is 0.512. The average molecular weight is 683 g/mol. The van der Waals surface area contributed by atoms with Crippen molar-refractivity contribution in [2.24, 2.45) is 0 Å². The SMILES string of the molecule is C=Cc1c(C)c2cc3nc(c(C)c4nc(cc5[nH]c(cc1[nH]2)c(C)c5CC)C(C)=C4)[C@@H](CCCOCCCO[C@H]1C[C@@H](O)C[C@@H](CO)O1)[C@@H]3C. The van der Waals surface area contributed by atoms with Gasteiger partial charge < -0.3 is 34.4 Å². The lowest BCUT2D eigenvalue weighted by Crippen LogP contribution is -2.39. The second-order valence-electron chi connectivity index (χ2n) is 14.2. The molecule has 0 unspecified atom stereocenters. The van der Waals surface area contributed by atoms with Gasteiger partial charge in [0.2, 0.25) is 0 Å². The van der Waals surface area contributed by atoms with Crippen molar-refractivity contribution in [3.05, 3.63) is 75.4 Å². The Labute approximate surface area is 295 Å². The molecule has 3 aromatic rings. The van der Waals surface area contributed by atoms with Crippen LogP contribution in [0.2, 0.25) is 0 Å². The number of hydrogen-bond donors (Lipinski definition) is 4. The molecule has 3 aromatic heterocycles. The van der Waals surface area contributed by atoms with Gasteiger partial charge >= 0.3 is 0 Å². The molecule has 9 nitrogen and oxygen atoms in total. The molecular weight excluding hydrogens is 628 g/mol. The molecule has 1 fully saturated rings. The quantitative estimate of drug-likeness (QED) is 0.143. The minimum atomic E-state index is -0.506. The first-order valence-electron chi connectivity index (χ1n) is 18.3. The molecule has 0 aromatic carbocycles. The molecule has 0 saturated carbocycles. The molecule has 268 valence electrons. The van der Waals surface area contributed by atoms with E-state index in [0.29, 0.717) is 32.7 Å². The first-order chi connectivity index (χ1) is 24.1. The number of nitrogens with one attached hydrogen (secondary N) is 2. The molecule has 5 atom stereocenters. The smallest absolute Gasteiger partial charge is 0.160 e. The number of aryl methyl sites for hydroxylation is 3. The number of allylic oxidation sites excluding steroid dienone is 1. The molecule has 0 amide bonds. The van der Waals surface area contributed by atoms with Gasteiger partial charge in [0, 0.05) is 76.9 Å². The average Bonchev–Trinajstić information content (AvgIpc) is 3.80. The van der Waals surface area contributed by atoms with E-state index in [9.17, 15) is 10.2 Å². The van der Waals surface area contributed by atoms with Crippen LogP contribution in [-0.4, -0.2) is 75.1 Å². The Balaban J connectivity index is 1.25. The Bertz CT molecular complexity index is 1910. The van der Waals surface area contributed by atoms with E-state index < -0.39 is 12.4 Å². The van der Waals surface area contributed by atoms with Crippen LogP contribution in [0, 0.1) is 20.8 Å². The highest BCUT2D eigenvalue weighted by atomic mass is 16.7. The molecule has 3 aliphatic rings. The minimum Gasteiger partial charge on any atom is -0.394 e. The molecule has 3 aliphatic heterocycles. The Morgan fingerprint density at radius 1 is 0.940 bits per heavy atom. The molecular formula is C41H54N4O5. The number of aliphatic hydroxyl groups is 2. The summed E-state index contributed by atoms with van der Waals surface area (Å²) in [6, 6.07) is 6.63. The number of aliphatic hydroxyl groups excluding tert-OH is 2. The van der Waals surface area contributed by atoms with Crippen molar-refractivity contribution in [1.29, 1.82) is 0 Å². The number of hydrogen-bond acceptors (Lipinski definition) is 7. The summed E-state index contributed by atoms with van der Waals surface area (Å²) >= 11 is 0. The lowest BCUT2D eigenvalue weighted by Gasteiger charge is -2.32. The van der Waals surface area contributed by atoms with E-state index in [4.69, 9.17) is 24.2 Å². The van der Waals surface area contributed by atoms with E-state index in [0.717, 1.165) is 92.8 Å². The third-order valence-electron chi connectivity index (χ3n) is 10.8. The van der Waals surface area contributed by atoms with Crippen molar-refractivity contribution >= 4 is 39.8 Å². The van der Waals surface area contributed by atoms with Gasteiger partial charge in [-0.05, 0) is 105 Å². The van der Waals surface area contributed by atoms with Crippen LogP contribution in [0.25, 0.3) is 39.8 Å². The second kappa shape index (κ2) is 15.7. The van der Waals surface area contributed by atoms with E-state index in [-0.39, 0.29) is 24.5 Å². The van der Waals surface area contributed by atoms with Gasteiger partial charge in [-0.15, -0.1) is 0 Å². The molecule has 0 spiro atoms. The third kappa shape index (κ3) is 7.53. The zero-order valence-corrected chi connectivity index (χ0v) is 30.6. The van der Waals surface area contributed by atoms with Crippen LogP contribution in [0.1, 0.15) is 115 Å². The highest BCUT2D eigenvalue weighted by molar-refractivity contribution is 5.86. The van der Waals surface area contributed by atoms with Gasteiger partial charge in [0.15, 0.2) is 6.29 Å². The summed E-state index contributed by atoms with van der Waals surface area (Å²) in [6.45, 7) is 18.9. The lowest BCUT2D eigenvalue weighted by molar-refractivity contribution is -0.222. The molecule has 6 heterocycles. The first-order valence-corrected chi connectivity index (χ1v) is 18.3. The molecule has 1 saturated heterocycles. The number of ether oxygens (including phenoxy) is 3. The molecule has 8 bridgehead atoms. The predicted octanol–water partition coefficient (Wildman–Crippen LogP) is 7.96. The predicted molar refractivity (Wildman–Crippen MR) is 201 cm³/mol. The second-order valence-corrected chi connectivity index (χ2v) is 14.2. The van der Waals surface area contributed by atoms with Crippen molar-refractivity contribution in [2.45, 2.75) is 110 Å². The van der Waals surface area contributed by atoms with Crippen LogP contribution in [0.4, 0.5) is 0 Å². The Kier molecular flexibility index (Phi) is 11.4. The molecule has 0 radical (unpaired) electrons. The van der Waals surface area contributed by atoms with Crippen molar-refractivity contribution < 1.29 is 24.4 Å². The standard InChI is InChI=1S/C41H54N4O5/c1-8-30-25(5)36-21-39-31(9-2)24(4)35(43-39)20-37-26(6)32(41(45-37)27(7)34-16-23(3)33(42-34)19-38(30)44-36)12-10-13-48-14-11-15-49-40-18-28(47)17-29(22-46)50-40/h9,16,19-21,26,28-29,32,40,43-44,46-47H,2,8,10-15,17-18,22H2,1,3-7H3/t26-,28-,29-,32-,40+/m0/s1. The summed E-state index contributed by atoms with van der Waals surface area (Å²) in [7, 11) is 0. The Hall–Kier alpha value is -3.60. The van der Waals surface area contributed by atoms with E-state index in [1.54, 1.807) is 0 Å². The Morgan fingerprint density at radius 2 is 1.70 bits per heavy atom. The summed E-state index contributed by atoms with van der Waals surface area (Å²) in [5.41, 5.74) is 15.5. The summed E-state index contributed by atoms with van der Waals surface area (Å²) in [6.07, 6.45) is 7.18. The third-order valence-corrected chi connectivity index (χ3v) is 10.8. The topological polar surface area (TPSA) is 126 Å². The Morgan fingerprint density at radius 3 is 2.46 bits per heavy atom. The maximum atomic E-state index is 10.00. The molecule has 9 heteroatoms. The zero-order chi connectivity index (χ0) is 35.5. The van der Waals surface area contributed by atoms with Crippen LogP contribution in [0.3, 0.4) is 0 Å². The van der Waals surface area contributed by atoms with Crippen LogP contribution in [-0.2, 0) is 20.6 Å². The van der Waals surface area contributed by atoms with Gasteiger partial charge in [-0.25, -0.2) is 4.98 Å². The van der Waals surface area contributed by atoms with Gasteiger partial charge in [0.1, 0.15) is 0 Å². The van der Waals surface area contributed by atoms with Crippen molar-refractivity contribution in [3.8, 4) is 0 Å². The summed E-state index contributed by atoms with van der Waals surface area (Å²) in [4.78, 5) is 17.9. The number of fused-ring (bicyclic) bond motifs is 8. The highest BCUT2D eigenvalue weighted by Gasteiger charge is 2.31. The van der Waals surface area contributed by atoms with E-state index in [1.165, 1.54) is 11.1 Å². The summed E-state index contributed by atoms with van der Waals surface area (Å²) in [5, 5.41) is 19.4. The monoisotopic (exact) mass is 682 g/mol. The molecule has 4 N–H and O–H groups in total. The van der Waals surface area contributed by atoms with Gasteiger partial charge in [-0.1, -0.05) is 26.5 Å². The molecule has 6 rings (SSSR count). The largest absolute Gasteiger partial charge is 0.394 e. The normalized spacial score (nSPS) is 22.2. The van der Waals surface area contributed by atoms with Gasteiger partial charge in [-0.2, -0.15) is 0 Å². The van der Waals surface area contributed by atoms with Gasteiger partial charge in [-0.3, -0.25) is 4.98 Å². The first kappa shape index (κ1) is 36.2. The molecule has 50 heavy (non-hydrogen) atoms. The minimum absolute atomic E-state index is 0.112. The van der Waals surface area contributed by atoms with E-state index >= 15 is 0 Å². The maximum Gasteiger partial charge on any atom is 0.160 e. The van der Waals surface area contributed by atoms with Gasteiger partial charge in [0.05, 0.1) is 36.8 Å². The fourth-order valence-electron chi connectivity index (χ4n) is 7.74. The maximum absolute atomic E-state index is 10.00. The van der Waals surface area contributed by atoms with Crippen molar-refractivity contribution in [2.75, 3.05) is 26.4 Å². The number of nitrogens with zero attached hydrogens (tertiary/aromatic N) is 2. The summed E-state index contributed by atoms with van der Waals surface area (Å²) in [5.74, 6) is 0.463. The zero-order valence-electron chi connectivity index (χ0n) is 30.6. The number of H-pyrrole nitrogens is 2. The highest BCUT2D eigenvalue weighted by Crippen LogP contribution is 2.42. The van der Waals surface area contributed by atoms with Crippen LogP contribution >= 0.6 is 0 Å². The number of aromatic amines is 2. The molecule has 0 aliphatic carbocycles. The van der Waals surface area contributed by atoms with Crippen LogP contribution in [0.15, 0.2) is 24.8 Å². The van der Waals surface area contributed by atoms with Crippen molar-refractivity contribution in [3.63, 3.8) is 0 Å². The van der Waals surface area contributed by atoms with Crippen LogP contribution in [0.5, 0.6) is 0 Å². The van der Waals surface area contributed by atoms with E-state index in [2.05, 4.69) is 82.4 Å². The van der Waals surface area contributed by atoms with E-state index in [1.807, 2.05) is 6.08 Å². The lowest BCUT2D eigenvalue weighted by atomic mass is 9.86. The van der Waals surface area contributed by atoms with Gasteiger partial charge in [0.25, 0.3) is 0 Å². The van der Waals surface area contributed by atoms with Crippen LogP contribution < -0.4 is 0 Å². The number of rotatable bonds is 12. The fourth-order valence-corrected chi connectivity index (χ4v) is 7.74. The number of aromatic nitrogens is 4.